The van der Waals surface area contributed by atoms with Crippen LogP contribution in [0.5, 0.6) is 5.75 Å². The third kappa shape index (κ3) is 5.31. The lowest BCUT2D eigenvalue weighted by molar-refractivity contribution is -0.207. The SMILES string of the molecule is C=CC(=O)OCc1ccc(C(C)(C)c2ccc(OOC(=O)C=C)cc2)cc1. The van der Waals surface area contributed by atoms with E-state index in [1.165, 1.54) is 0 Å². The van der Waals surface area contributed by atoms with Crippen LogP contribution in [-0.2, 0) is 31.2 Å². The molecule has 27 heavy (non-hydrogen) atoms. The highest BCUT2D eigenvalue weighted by atomic mass is 17.2. The second kappa shape index (κ2) is 8.85. The summed E-state index contributed by atoms with van der Waals surface area (Å²) in [5.41, 5.74) is 2.81. The van der Waals surface area contributed by atoms with Crippen molar-refractivity contribution < 1.29 is 24.1 Å². The van der Waals surface area contributed by atoms with Crippen LogP contribution < -0.4 is 4.89 Å². The van der Waals surface area contributed by atoms with Gasteiger partial charge in [-0.3, -0.25) is 4.89 Å². The Labute approximate surface area is 158 Å². The third-order valence-electron chi connectivity index (χ3n) is 4.19. The summed E-state index contributed by atoms with van der Waals surface area (Å²) in [6, 6.07) is 15.2. The van der Waals surface area contributed by atoms with Crippen molar-refractivity contribution in [2.45, 2.75) is 25.9 Å². The summed E-state index contributed by atoms with van der Waals surface area (Å²) in [5, 5.41) is 0. The molecule has 0 bridgehead atoms. The molecule has 2 rings (SSSR count). The molecule has 0 spiro atoms. The number of hydrogen-bond donors (Lipinski definition) is 0. The van der Waals surface area contributed by atoms with E-state index in [1.54, 1.807) is 12.1 Å². The van der Waals surface area contributed by atoms with Gasteiger partial charge in [0, 0.05) is 17.6 Å². The van der Waals surface area contributed by atoms with Crippen LogP contribution in [0.1, 0.15) is 30.5 Å². The van der Waals surface area contributed by atoms with Gasteiger partial charge < -0.3 is 4.74 Å². The van der Waals surface area contributed by atoms with Gasteiger partial charge in [0.05, 0.1) is 0 Å². The first kappa shape index (κ1) is 20.0. The largest absolute Gasteiger partial charge is 0.458 e. The minimum Gasteiger partial charge on any atom is -0.458 e. The van der Waals surface area contributed by atoms with E-state index in [2.05, 4.69) is 31.9 Å². The number of carbonyl (C=O) groups is 2. The van der Waals surface area contributed by atoms with Gasteiger partial charge in [-0.2, -0.15) is 0 Å². The Morgan fingerprint density at radius 2 is 1.41 bits per heavy atom. The summed E-state index contributed by atoms with van der Waals surface area (Å²) < 4.78 is 5.04. The van der Waals surface area contributed by atoms with Crippen molar-refractivity contribution in [3.05, 3.63) is 90.5 Å². The average molecular weight is 366 g/mol. The Bertz CT molecular complexity index is 747. The summed E-state index contributed by atoms with van der Waals surface area (Å²) in [5.74, 6) is -0.678. The second-order valence-electron chi connectivity index (χ2n) is 6.35. The molecule has 2 aromatic carbocycles. The highest BCUT2D eigenvalue weighted by Gasteiger charge is 2.23. The molecule has 0 atom stereocenters. The predicted octanol–water partition coefficient (Wildman–Crippen LogP) is 4.26. The number of hydrogen-bond acceptors (Lipinski definition) is 5. The zero-order valence-electron chi connectivity index (χ0n) is 15.4. The van der Waals surface area contributed by atoms with E-state index >= 15 is 0 Å². The predicted molar refractivity (Wildman–Crippen MR) is 102 cm³/mol. The quantitative estimate of drug-likeness (QED) is 0.302. The van der Waals surface area contributed by atoms with E-state index < -0.39 is 11.9 Å². The maximum absolute atomic E-state index is 11.1. The van der Waals surface area contributed by atoms with Gasteiger partial charge in [0.2, 0.25) is 0 Å². The number of ether oxygens (including phenoxy) is 1. The van der Waals surface area contributed by atoms with E-state index in [1.807, 2.05) is 36.4 Å². The van der Waals surface area contributed by atoms with E-state index in [-0.39, 0.29) is 12.0 Å². The molecule has 0 unspecified atom stereocenters. The van der Waals surface area contributed by atoms with Gasteiger partial charge >= 0.3 is 11.9 Å². The fourth-order valence-electron chi connectivity index (χ4n) is 2.45. The molecule has 5 heteroatoms. The summed E-state index contributed by atoms with van der Waals surface area (Å²) >= 11 is 0. The fourth-order valence-corrected chi connectivity index (χ4v) is 2.45. The van der Waals surface area contributed by atoms with Gasteiger partial charge in [-0.1, -0.05) is 63.4 Å². The molecule has 0 aliphatic rings. The zero-order chi connectivity index (χ0) is 19.9. The molecular formula is C22H22O5. The lowest BCUT2D eigenvalue weighted by Gasteiger charge is -2.26. The van der Waals surface area contributed by atoms with Gasteiger partial charge in [0.15, 0.2) is 5.75 Å². The van der Waals surface area contributed by atoms with Gasteiger partial charge in [-0.15, -0.1) is 0 Å². The molecule has 0 saturated carbocycles. The van der Waals surface area contributed by atoms with Crippen LogP contribution in [0.15, 0.2) is 73.8 Å². The first-order valence-corrected chi connectivity index (χ1v) is 8.37. The first-order chi connectivity index (χ1) is 12.9. The molecule has 0 aliphatic heterocycles. The van der Waals surface area contributed by atoms with Gasteiger partial charge in [0.25, 0.3) is 0 Å². The molecule has 0 aliphatic carbocycles. The number of carbonyl (C=O) groups excluding carboxylic acids is 2. The molecule has 140 valence electrons. The second-order valence-corrected chi connectivity index (χ2v) is 6.35. The molecule has 0 radical (unpaired) electrons. The highest BCUT2D eigenvalue weighted by molar-refractivity contribution is 5.81. The van der Waals surface area contributed by atoms with Crippen molar-refractivity contribution in [1.29, 1.82) is 0 Å². The molecule has 0 amide bonds. The molecule has 0 saturated heterocycles. The summed E-state index contributed by atoms with van der Waals surface area (Å²) in [6.45, 7) is 11.1. The van der Waals surface area contributed by atoms with Crippen LogP contribution in [0.2, 0.25) is 0 Å². The standard InChI is InChI=1S/C22H22O5/c1-5-20(23)25-15-16-7-9-17(10-8-16)22(3,4)18-11-13-19(14-12-18)26-27-21(24)6-2/h5-14H,1-2,15H2,3-4H3. The minimum atomic E-state index is -0.654. The summed E-state index contributed by atoms with van der Waals surface area (Å²) in [7, 11) is 0. The fraction of sp³-hybridized carbons (Fsp3) is 0.182. The van der Waals surface area contributed by atoms with Crippen molar-refractivity contribution in [2.24, 2.45) is 0 Å². The lowest BCUT2D eigenvalue weighted by atomic mass is 9.78. The number of rotatable bonds is 8. The Morgan fingerprint density at radius 1 is 0.889 bits per heavy atom. The maximum atomic E-state index is 11.1. The minimum absolute atomic E-state index is 0.209. The van der Waals surface area contributed by atoms with Crippen molar-refractivity contribution in [2.75, 3.05) is 0 Å². The lowest BCUT2D eigenvalue weighted by Crippen LogP contribution is -2.18. The summed E-state index contributed by atoms with van der Waals surface area (Å²) in [4.78, 5) is 31.7. The molecule has 0 aromatic heterocycles. The monoisotopic (exact) mass is 366 g/mol. The molecule has 2 aromatic rings. The van der Waals surface area contributed by atoms with Crippen LogP contribution >= 0.6 is 0 Å². The molecular weight excluding hydrogens is 344 g/mol. The Kier molecular flexibility index (Phi) is 6.55. The molecule has 5 nitrogen and oxygen atoms in total. The topological polar surface area (TPSA) is 61.8 Å². The van der Waals surface area contributed by atoms with Crippen molar-refractivity contribution in [3.8, 4) is 5.75 Å². The van der Waals surface area contributed by atoms with Gasteiger partial charge in [-0.05, 0) is 28.8 Å². The Hall–Kier alpha value is -3.34. The van der Waals surface area contributed by atoms with E-state index in [9.17, 15) is 9.59 Å². The third-order valence-corrected chi connectivity index (χ3v) is 4.19. The molecule has 0 fully saturated rings. The normalized spacial score (nSPS) is 10.6. The Balaban J connectivity index is 2.08. The zero-order valence-corrected chi connectivity index (χ0v) is 15.4. The summed E-state index contributed by atoms with van der Waals surface area (Å²) in [6.07, 6.45) is 2.17. The Morgan fingerprint density at radius 3 is 1.93 bits per heavy atom. The molecule has 0 N–H and O–H groups in total. The molecule has 0 heterocycles. The van der Waals surface area contributed by atoms with Crippen molar-refractivity contribution >= 4 is 11.9 Å². The van der Waals surface area contributed by atoms with Crippen LogP contribution in [0.3, 0.4) is 0 Å². The van der Waals surface area contributed by atoms with Crippen molar-refractivity contribution in [3.63, 3.8) is 0 Å². The van der Waals surface area contributed by atoms with Crippen molar-refractivity contribution in [1.82, 2.24) is 0 Å². The number of esters is 1. The van der Waals surface area contributed by atoms with Crippen LogP contribution in [-0.4, -0.2) is 11.9 Å². The average Bonchev–Trinajstić information content (AvgIpc) is 2.70. The van der Waals surface area contributed by atoms with E-state index in [0.29, 0.717) is 5.75 Å². The van der Waals surface area contributed by atoms with Gasteiger partial charge in [0.1, 0.15) is 6.61 Å². The van der Waals surface area contributed by atoms with Crippen LogP contribution in [0, 0.1) is 0 Å². The smallest absolute Gasteiger partial charge is 0.378 e. The van der Waals surface area contributed by atoms with Crippen LogP contribution in [0.25, 0.3) is 0 Å². The van der Waals surface area contributed by atoms with Gasteiger partial charge in [-0.25, -0.2) is 14.5 Å². The van der Waals surface area contributed by atoms with E-state index in [4.69, 9.17) is 9.62 Å². The number of benzene rings is 2. The first-order valence-electron chi connectivity index (χ1n) is 8.37. The van der Waals surface area contributed by atoms with Crippen LogP contribution in [0.4, 0.5) is 0 Å². The van der Waals surface area contributed by atoms with E-state index in [0.717, 1.165) is 28.8 Å². The maximum Gasteiger partial charge on any atom is 0.378 e. The highest BCUT2D eigenvalue weighted by Crippen LogP contribution is 2.32.